The van der Waals surface area contributed by atoms with E-state index < -0.39 is 0 Å². The topological polar surface area (TPSA) is 86.2 Å². The SMILES string of the molecule is CC1=CC=CNC1Nc1cccc2nn3c(C4CCNCC4)cc(=O)[nH]c3c12. The molecule has 1 atom stereocenters. The van der Waals surface area contributed by atoms with E-state index in [1.165, 1.54) is 5.57 Å². The second-order valence-electron chi connectivity index (χ2n) is 7.56. The fourth-order valence-corrected chi connectivity index (χ4v) is 4.21. The molecule has 5 rings (SSSR count). The van der Waals surface area contributed by atoms with Crippen LogP contribution in [0.1, 0.15) is 31.4 Å². The van der Waals surface area contributed by atoms with Crippen molar-refractivity contribution in [2.45, 2.75) is 31.8 Å². The second kappa shape index (κ2) is 6.83. The molecule has 3 aromatic rings. The Balaban J connectivity index is 1.66. The number of aromatic amines is 1. The second-order valence-corrected chi connectivity index (χ2v) is 7.56. The summed E-state index contributed by atoms with van der Waals surface area (Å²) >= 11 is 0. The van der Waals surface area contributed by atoms with Crippen LogP contribution in [0.3, 0.4) is 0 Å². The van der Waals surface area contributed by atoms with Crippen molar-refractivity contribution in [2.75, 3.05) is 18.4 Å². The highest BCUT2D eigenvalue weighted by atomic mass is 16.1. The highest BCUT2D eigenvalue weighted by Gasteiger charge is 2.22. The zero-order chi connectivity index (χ0) is 19.1. The van der Waals surface area contributed by atoms with Gasteiger partial charge in [0, 0.05) is 17.7 Å². The molecule has 28 heavy (non-hydrogen) atoms. The normalized spacial score (nSPS) is 20.3. The third-order valence-corrected chi connectivity index (χ3v) is 5.69. The summed E-state index contributed by atoms with van der Waals surface area (Å²) in [6.07, 6.45) is 8.04. The van der Waals surface area contributed by atoms with E-state index >= 15 is 0 Å². The third-order valence-electron chi connectivity index (χ3n) is 5.69. The molecule has 0 bridgehead atoms. The van der Waals surface area contributed by atoms with Crippen molar-refractivity contribution < 1.29 is 0 Å². The fraction of sp³-hybridized carbons (Fsp3) is 0.333. The van der Waals surface area contributed by atoms with Gasteiger partial charge in [-0.1, -0.05) is 12.1 Å². The molecule has 0 saturated carbocycles. The van der Waals surface area contributed by atoms with Crippen LogP contribution in [0.15, 0.2) is 53.0 Å². The molecular weight excluding hydrogens is 352 g/mol. The van der Waals surface area contributed by atoms with Gasteiger partial charge in [-0.05, 0) is 62.8 Å². The Morgan fingerprint density at radius 2 is 2.11 bits per heavy atom. The number of piperidine rings is 1. The van der Waals surface area contributed by atoms with Gasteiger partial charge >= 0.3 is 0 Å². The van der Waals surface area contributed by atoms with E-state index in [-0.39, 0.29) is 11.7 Å². The highest BCUT2D eigenvalue weighted by molar-refractivity contribution is 6.02. The van der Waals surface area contributed by atoms with E-state index in [1.54, 1.807) is 6.07 Å². The summed E-state index contributed by atoms with van der Waals surface area (Å²) < 4.78 is 1.93. The molecule has 2 aliphatic heterocycles. The monoisotopic (exact) mass is 376 g/mol. The molecule has 0 spiro atoms. The van der Waals surface area contributed by atoms with Crippen molar-refractivity contribution >= 4 is 22.2 Å². The summed E-state index contributed by atoms with van der Waals surface area (Å²) in [5, 5.41) is 16.1. The van der Waals surface area contributed by atoms with Gasteiger partial charge in [0.15, 0.2) is 0 Å². The lowest BCUT2D eigenvalue weighted by atomic mass is 9.94. The number of hydrogen-bond donors (Lipinski definition) is 4. The van der Waals surface area contributed by atoms with E-state index in [4.69, 9.17) is 5.10 Å². The number of anilines is 1. The first-order chi connectivity index (χ1) is 13.7. The van der Waals surface area contributed by atoms with Gasteiger partial charge in [0.25, 0.3) is 5.56 Å². The van der Waals surface area contributed by atoms with Crippen molar-refractivity contribution in [2.24, 2.45) is 0 Å². The van der Waals surface area contributed by atoms with Crippen LogP contribution >= 0.6 is 0 Å². The molecule has 144 valence electrons. The number of aromatic nitrogens is 3. The first kappa shape index (κ1) is 17.1. The Morgan fingerprint density at radius 1 is 1.25 bits per heavy atom. The van der Waals surface area contributed by atoms with Crippen molar-refractivity contribution in [1.29, 1.82) is 0 Å². The first-order valence-corrected chi connectivity index (χ1v) is 9.82. The van der Waals surface area contributed by atoms with Crippen molar-refractivity contribution in [1.82, 2.24) is 25.2 Å². The number of hydrogen-bond acceptors (Lipinski definition) is 5. The Bertz CT molecular complexity index is 1150. The highest BCUT2D eigenvalue weighted by Crippen LogP contribution is 2.31. The zero-order valence-electron chi connectivity index (χ0n) is 15.8. The van der Waals surface area contributed by atoms with Crippen LogP contribution in [0.4, 0.5) is 5.69 Å². The van der Waals surface area contributed by atoms with Crippen LogP contribution in [0, 0.1) is 0 Å². The van der Waals surface area contributed by atoms with Gasteiger partial charge in [-0.2, -0.15) is 5.10 Å². The summed E-state index contributed by atoms with van der Waals surface area (Å²) in [5.74, 6) is 0.340. The molecule has 0 aliphatic carbocycles. The van der Waals surface area contributed by atoms with E-state index in [1.807, 2.05) is 35.0 Å². The van der Waals surface area contributed by atoms with E-state index in [9.17, 15) is 4.79 Å². The number of rotatable bonds is 3. The van der Waals surface area contributed by atoms with Gasteiger partial charge in [0.1, 0.15) is 11.8 Å². The predicted molar refractivity (Wildman–Crippen MR) is 112 cm³/mol. The Labute approximate surface area is 162 Å². The predicted octanol–water partition coefficient (Wildman–Crippen LogP) is 2.44. The number of H-pyrrole nitrogens is 1. The summed E-state index contributed by atoms with van der Waals surface area (Å²) in [6.45, 7) is 4.03. The van der Waals surface area contributed by atoms with Crippen LogP contribution in [0.2, 0.25) is 0 Å². The number of dihydropyridines is 1. The summed E-state index contributed by atoms with van der Waals surface area (Å²) in [7, 11) is 0. The molecule has 4 N–H and O–H groups in total. The smallest absolute Gasteiger partial charge is 0.251 e. The summed E-state index contributed by atoms with van der Waals surface area (Å²) in [5.41, 5.74) is 4.69. The number of fused-ring (bicyclic) bond motifs is 3. The minimum atomic E-state index is -0.0764. The molecule has 1 aromatic carbocycles. The van der Waals surface area contributed by atoms with Crippen LogP contribution in [-0.2, 0) is 0 Å². The lowest BCUT2D eigenvalue weighted by Gasteiger charge is -2.24. The van der Waals surface area contributed by atoms with Crippen LogP contribution in [0.5, 0.6) is 0 Å². The van der Waals surface area contributed by atoms with Gasteiger partial charge in [0.05, 0.1) is 16.6 Å². The molecule has 2 aliphatic rings. The van der Waals surface area contributed by atoms with Gasteiger partial charge in [0.2, 0.25) is 0 Å². The number of nitrogens with one attached hydrogen (secondary N) is 4. The molecule has 2 aromatic heterocycles. The van der Waals surface area contributed by atoms with Gasteiger partial charge < -0.3 is 20.9 Å². The van der Waals surface area contributed by atoms with Crippen LogP contribution < -0.4 is 21.5 Å². The van der Waals surface area contributed by atoms with Gasteiger partial charge in [-0.25, -0.2) is 4.52 Å². The summed E-state index contributed by atoms with van der Waals surface area (Å²) in [6, 6.07) is 7.74. The molecule has 4 heterocycles. The van der Waals surface area contributed by atoms with Gasteiger partial charge in [-0.15, -0.1) is 0 Å². The molecule has 0 radical (unpaired) electrons. The number of benzene rings is 1. The Morgan fingerprint density at radius 3 is 2.93 bits per heavy atom. The van der Waals surface area contributed by atoms with Crippen molar-refractivity contribution in [3.8, 4) is 0 Å². The number of nitrogens with zero attached hydrogens (tertiary/aromatic N) is 2. The lowest BCUT2D eigenvalue weighted by molar-refractivity contribution is 0.446. The standard InChI is InChI=1S/C21H24N6O/c1-13-4-3-9-23-20(13)24-15-5-2-6-16-19(15)21-25-18(28)12-17(27(21)26-16)14-7-10-22-11-8-14/h2-6,9,12,14,20,22-24H,7-8,10-11H2,1H3,(H,25,28). The third kappa shape index (κ3) is 2.88. The molecule has 0 amide bonds. The fourth-order valence-electron chi connectivity index (χ4n) is 4.21. The Kier molecular flexibility index (Phi) is 4.16. The maximum atomic E-state index is 12.5. The molecule has 1 saturated heterocycles. The van der Waals surface area contributed by atoms with Crippen molar-refractivity contribution in [3.05, 3.63) is 64.2 Å². The molecule has 1 unspecified atom stereocenters. The average molecular weight is 376 g/mol. The van der Waals surface area contributed by atoms with Gasteiger partial charge in [-0.3, -0.25) is 4.79 Å². The zero-order valence-corrected chi connectivity index (χ0v) is 15.8. The minimum absolute atomic E-state index is 0.00451. The van der Waals surface area contributed by atoms with Crippen LogP contribution in [-0.4, -0.2) is 33.9 Å². The molecule has 7 nitrogen and oxygen atoms in total. The van der Waals surface area contributed by atoms with E-state index in [0.29, 0.717) is 5.92 Å². The lowest BCUT2D eigenvalue weighted by Crippen LogP contribution is -2.35. The minimum Gasteiger partial charge on any atom is -0.368 e. The van der Waals surface area contributed by atoms with E-state index in [0.717, 1.165) is 53.9 Å². The maximum absolute atomic E-state index is 12.5. The first-order valence-electron chi connectivity index (χ1n) is 9.82. The molecule has 1 fully saturated rings. The van der Waals surface area contributed by atoms with E-state index in [2.05, 4.69) is 33.9 Å². The van der Waals surface area contributed by atoms with Crippen LogP contribution in [0.25, 0.3) is 16.6 Å². The largest absolute Gasteiger partial charge is 0.368 e. The quantitative estimate of drug-likeness (QED) is 0.564. The number of allylic oxidation sites excluding steroid dienone is 2. The average Bonchev–Trinajstić information content (AvgIpc) is 3.09. The summed E-state index contributed by atoms with van der Waals surface area (Å²) in [4.78, 5) is 15.5. The molecule has 7 heteroatoms. The van der Waals surface area contributed by atoms with Crippen molar-refractivity contribution in [3.63, 3.8) is 0 Å². The molecular formula is C21H24N6O. The Hall–Kier alpha value is -3.06. The maximum Gasteiger partial charge on any atom is 0.251 e.